The van der Waals surface area contributed by atoms with Gasteiger partial charge in [-0.25, -0.2) is 8.78 Å². The van der Waals surface area contributed by atoms with Crippen LogP contribution in [0.25, 0.3) is 0 Å². The predicted octanol–water partition coefficient (Wildman–Crippen LogP) is 2.68. The number of hydrogen-bond donors (Lipinski definition) is 1. The summed E-state index contributed by atoms with van der Waals surface area (Å²) in [6.07, 6.45) is 4.97. The Balaban J connectivity index is 1.60. The number of benzene rings is 1. The Morgan fingerprint density at radius 2 is 2.05 bits per heavy atom. The molecule has 0 spiro atoms. The van der Waals surface area contributed by atoms with Gasteiger partial charge in [-0.15, -0.1) is 0 Å². The van der Waals surface area contributed by atoms with Crippen molar-refractivity contribution in [2.24, 2.45) is 0 Å². The Morgan fingerprint density at radius 1 is 1.16 bits per heavy atom. The van der Waals surface area contributed by atoms with E-state index >= 15 is 0 Å². The second-order valence-corrected chi connectivity index (χ2v) is 5.61. The van der Waals surface area contributed by atoms with E-state index in [1.807, 2.05) is 0 Å². The molecule has 0 aliphatic carbocycles. The Labute approximate surface area is 112 Å². The fraction of sp³-hybridized carbons (Fsp3) is 0.600. The zero-order valence-electron chi connectivity index (χ0n) is 11.0. The summed E-state index contributed by atoms with van der Waals surface area (Å²) in [6.45, 7) is 2.84. The average molecular weight is 266 g/mol. The molecule has 4 heteroatoms. The molecule has 19 heavy (non-hydrogen) atoms. The van der Waals surface area contributed by atoms with Gasteiger partial charge in [0.2, 0.25) is 0 Å². The van der Waals surface area contributed by atoms with Gasteiger partial charge in [0.15, 0.2) is 0 Å². The smallest absolute Gasteiger partial charge is 0.130 e. The molecule has 2 aliphatic heterocycles. The molecule has 2 saturated heterocycles. The van der Waals surface area contributed by atoms with Crippen LogP contribution in [0.3, 0.4) is 0 Å². The number of hydrogen-bond acceptors (Lipinski definition) is 2. The van der Waals surface area contributed by atoms with Crippen LogP contribution >= 0.6 is 0 Å². The number of nitrogens with zero attached hydrogens (tertiary/aromatic N) is 1. The van der Waals surface area contributed by atoms with Gasteiger partial charge in [0.05, 0.1) is 0 Å². The van der Waals surface area contributed by atoms with E-state index in [9.17, 15) is 8.78 Å². The van der Waals surface area contributed by atoms with E-state index in [1.165, 1.54) is 37.9 Å². The number of nitrogens with one attached hydrogen (secondary N) is 1. The van der Waals surface area contributed by atoms with Crippen molar-refractivity contribution in [2.45, 2.75) is 44.3 Å². The Hall–Kier alpha value is -1.00. The second-order valence-electron chi connectivity index (χ2n) is 5.61. The van der Waals surface area contributed by atoms with E-state index in [2.05, 4.69) is 10.2 Å². The van der Waals surface area contributed by atoms with Gasteiger partial charge in [-0.1, -0.05) is 12.5 Å². The summed E-state index contributed by atoms with van der Waals surface area (Å²) in [7, 11) is 0. The molecule has 0 saturated carbocycles. The van der Waals surface area contributed by atoms with Crippen LogP contribution in [-0.4, -0.2) is 30.1 Å². The maximum Gasteiger partial charge on any atom is 0.130 e. The lowest BCUT2D eigenvalue weighted by molar-refractivity contribution is 0.180. The topological polar surface area (TPSA) is 15.3 Å². The molecule has 0 amide bonds. The van der Waals surface area contributed by atoms with Gasteiger partial charge in [0, 0.05) is 36.8 Å². The van der Waals surface area contributed by atoms with Crippen molar-refractivity contribution in [1.82, 2.24) is 10.2 Å². The first-order valence-corrected chi connectivity index (χ1v) is 7.15. The molecule has 2 nitrogen and oxygen atoms in total. The van der Waals surface area contributed by atoms with Crippen molar-refractivity contribution < 1.29 is 8.78 Å². The lowest BCUT2D eigenvalue weighted by atomic mass is 9.99. The summed E-state index contributed by atoms with van der Waals surface area (Å²) in [5.41, 5.74) is 0.552. The number of piperidine rings is 1. The van der Waals surface area contributed by atoms with Crippen LogP contribution in [0.1, 0.15) is 31.2 Å². The molecule has 1 aromatic carbocycles. The van der Waals surface area contributed by atoms with Crippen LogP contribution in [0.4, 0.5) is 8.78 Å². The molecule has 2 unspecified atom stereocenters. The van der Waals surface area contributed by atoms with Crippen molar-refractivity contribution in [3.63, 3.8) is 0 Å². The van der Waals surface area contributed by atoms with E-state index in [1.54, 1.807) is 0 Å². The van der Waals surface area contributed by atoms with Crippen LogP contribution in [0.15, 0.2) is 18.2 Å². The van der Waals surface area contributed by atoms with E-state index in [0.717, 1.165) is 19.0 Å². The molecule has 1 aromatic rings. The highest BCUT2D eigenvalue weighted by molar-refractivity contribution is 5.18. The molecule has 0 radical (unpaired) electrons. The number of halogens is 2. The first-order chi connectivity index (χ1) is 9.24. The Morgan fingerprint density at radius 3 is 2.89 bits per heavy atom. The summed E-state index contributed by atoms with van der Waals surface area (Å²) in [5, 5.41) is 3.45. The summed E-state index contributed by atoms with van der Waals surface area (Å²) >= 11 is 0. The molecular formula is C15H20F2N2. The normalized spacial score (nSPS) is 27.5. The zero-order chi connectivity index (χ0) is 13.2. The fourth-order valence-corrected chi connectivity index (χ4v) is 3.39. The summed E-state index contributed by atoms with van der Waals surface area (Å²) in [5.74, 6) is -0.966. The highest BCUT2D eigenvalue weighted by atomic mass is 19.1. The van der Waals surface area contributed by atoms with E-state index in [0.29, 0.717) is 24.2 Å². The predicted molar refractivity (Wildman–Crippen MR) is 70.8 cm³/mol. The largest absolute Gasteiger partial charge is 0.308 e. The minimum Gasteiger partial charge on any atom is -0.308 e. The summed E-state index contributed by atoms with van der Waals surface area (Å²) in [4.78, 5) is 2.54. The van der Waals surface area contributed by atoms with Crippen molar-refractivity contribution >= 4 is 0 Å². The van der Waals surface area contributed by atoms with Gasteiger partial charge in [0.25, 0.3) is 0 Å². The molecule has 2 atom stereocenters. The van der Waals surface area contributed by atoms with Crippen molar-refractivity contribution in [1.29, 1.82) is 0 Å². The summed E-state index contributed by atoms with van der Waals surface area (Å²) in [6, 6.07) is 4.87. The molecule has 104 valence electrons. The molecular weight excluding hydrogens is 246 g/mol. The van der Waals surface area contributed by atoms with Crippen molar-refractivity contribution in [3.05, 3.63) is 35.4 Å². The Kier molecular flexibility index (Phi) is 3.80. The molecule has 0 bridgehead atoms. The van der Waals surface area contributed by atoms with Crippen molar-refractivity contribution in [3.8, 4) is 0 Å². The lowest BCUT2D eigenvalue weighted by Crippen LogP contribution is -2.44. The van der Waals surface area contributed by atoms with Gasteiger partial charge >= 0.3 is 0 Å². The van der Waals surface area contributed by atoms with Crippen LogP contribution in [0.5, 0.6) is 0 Å². The van der Waals surface area contributed by atoms with E-state index in [-0.39, 0.29) is 0 Å². The molecule has 2 heterocycles. The van der Waals surface area contributed by atoms with Gasteiger partial charge in [-0.2, -0.15) is 0 Å². The standard InChI is InChI=1S/C15H20F2N2/c16-12-5-4-11(13(17)9-12)10-18-14-6-8-19-7-2-1-3-15(14)19/h4-5,9,14-15,18H,1-3,6-8,10H2. The highest BCUT2D eigenvalue weighted by Gasteiger charge is 2.34. The van der Waals surface area contributed by atoms with Crippen LogP contribution in [0, 0.1) is 11.6 Å². The highest BCUT2D eigenvalue weighted by Crippen LogP contribution is 2.27. The molecule has 1 N–H and O–H groups in total. The minimum absolute atomic E-state index is 0.449. The molecule has 2 aliphatic rings. The van der Waals surface area contributed by atoms with Crippen molar-refractivity contribution in [2.75, 3.05) is 13.1 Å². The second kappa shape index (κ2) is 5.55. The van der Waals surface area contributed by atoms with Gasteiger partial charge in [-0.05, 0) is 31.9 Å². The van der Waals surface area contributed by atoms with Gasteiger partial charge in [-0.3, -0.25) is 4.90 Å². The van der Waals surface area contributed by atoms with Gasteiger partial charge in [0.1, 0.15) is 11.6 Å². The monoisotopic (exact) mass is 266 g/mol. The van der Waals surface area contributed by atoms with Crippen LogP contribution < -0.4 is 5.32 Å². The third kappa shape index (κ3) is 2.79. The average Bonchev–Trinajstić information content (AvgIpc) is 2.81. The maximum atomic E-state index is 13.6. The Bertz CT molecular complexity index is 450. The number of rotatable bonds is 3. The van der Waals surface area contributed by atoms with E-state index < -0.39 is 11.6 Å². The molecule has 2 fully saturated rings. The van der Waals surface area contributed by atoms with Crippen LogP contribution in [-0.2, 0) is 6.54 Å². The zero-order valence-corrected chi connectivity index (χ0v) is 11.0. The van der Waals surface area contributed by atoms with Crippen LogP contribution in [0.2, 0.25) is 0 Å². The molecule has 0 aromatic heterocycles. The lowest BCUT2D eigenvalue weighted by Gasteiger charge is -2.32. The third-order valence-electron chi connectivity index (χ3n) is 4.43. The maximum absolute atomic E-state index is 13.6. The third-order valence-corrected chi connectivity index (χ3v) is 4.43. The number of fused-ring (bicyclic) bond motifs is 1. The minimum atomic E-state index is -0.513. The first kappa shape index (κ1) is 13.0. The quantitative estimate of drug-likeness (QED) is 0.905. The first-order valence-electron chi connectivity index (χ1n) is 7.15. The summed E-state index contributed by atoms with van der Waals surface area (Å²) < 4.78 is 26.4. The van der Waals surface area contributed by atoms with Gasteiger partial charge < -0.3 is 5.32 Å². The van der Waals surface area contributed by atoms with E-state index in [4.69, 9.17) is 0 Å². The fourth-order valence-electron chi connectivity index (χ4n) is 3.39. The molecule has 3 rings (SSSR count). The SMILES string of the molecule is Fc1ccc(CNC2CCN3CCCCC23)c(F)c1.